The normalized spacial score (nSPS) is 11.3. The van der Waals surface area contributed by atoms with Crippen LogP contribution in [0.5, 0.6) is 0 Å². The van der Waals surface area contributed by atoms with Crippen LogP contribution in [0.3, 0.4) is 0 Å². The van der Waals surface area contributed by atoms with E-state index in [0.717, 1.165) is 15.9 Å². The Morgan fingerprint density at radius 2 is 1.65 bits per heavy atom. The van der Waals surface area contributed by atoms with Crippen molar-refractivity contribution in [2.75, 3.05) is 0 Å². The van der Waals surface area contributed by atoms with Gasteiger partial charge in [0, 0.05) is 35.9 Å². The highest BCUT2D eigenvalue weighted by Crippen LogP contribution is 2.17. The summed E-state index contributed by atoms with van der Waals surface area (Å²) >= 11 is 0. The van der Waals surface area contributed by atoms with E-state index in [1.807, 2.05) is 42.5 Å². The minimum absolute atomic E-state index is 0.218. The van der Waals surface area contributed by atoms with Crippen LogP contribution >= 0.6 is 0 Å². The molecule has 4 aromatic heterocycles. The predicted octanol–water partition coefficient (Wildman–Crippen LogP) is 2.81. The fourth-order valence-electron chi connectivity index (χ4n) is 3.75. The number of rotatable bonds is 5. The molecular formula is C26H19N5O3. The van der Waals surface area contributed by atoms with Crippen LogP contribution in [0.25, 0.3) is 29.0 Å². The van der Waals surface area contributed by atoms with Crippen molar-refractivity contribution in [3.63, 3.8) is 0 Å². The molecule has 0 aliphatic carbocycles. The molecule has 1 aromatic carbocycles. The number of pyridine rings is 3. The van der Waals surface area contributed by atoms with E-state index in [1.54, 1.807) is 36.5 Å². The van der Waals surface area contributed by atoms with Gasteiger partial charge in [0.1, 0.15) is 11.2 Å². The van der Waals surface area contributed by atoms with E-state index < -0.39 is 0 Å². The lowest BCUT2D eigenvalue weighted by Crippen LogP contribution is -2.27. The third-order valence-corrected chi connectivity index (χ3v) is 5.29. The van der Waals surface area contributed by atoms with Gasteiger partial charge >= 0.3 is 0 Å². The Labute approximate surface area is 194 Å². The maximum absolute atomic E-state index is 13.5. The van der Waals surface area contributed by atoms with Crippen LogP contribution in [0.2, 0.25) is 0 Å². The van der Waals surface area contributed by atoms with E-state index in [0.29, 0.717) is 32.8 Å². The van der Waals surface area contributed by atoms with Gasteiger partial charge < -0.3 is 10.4 Å². The quantitative estimate of drug-likeness (QED) is 0.303. The van der Waals surface area contributed by atoms with Gasteiger partial charge in [-0.05, 0) is 48.0 Å². The molecule has 0 aliphatic heterocycles. The molecule has 4 heterocycles. The number of aromatic nitrogens is 5. The SMILES string of the molecule is O=c1c(Cc2ccc[n+]([O-])c2)nc2cccnc2n1-c1cccc(C=Cc2ccc[n+]([O-])c2)c1. The van der Waals surface area contributed by atoms with E-state index in [4.69, 9.17) is 0 Å². The molecule has 8 heteroatoms. The largest absolute Gasteiger partial charge is 0.619 e. The van der Waals surface area contributed by atoms with Crippen LogP contribution in [0.1, 0.15) is 22.4 Å². The molecule has 5 rings (SSSR count). The van der Waals surface area contributed by atoms with E-state index in [-0.39, 0.29) is 12.0 Å². The molecule has 0 spiro atoms. The van der Waals surface area contributed by atoms with Crippen LogP contribution in [0.15, 0.2) is 96.4 Å². The second kappa shape index (κ2) is 8.95. The molecule has 0 amide bonds. The number of hydrogen-bond acceptors (Lipinski definition) is 5. The molecule has 0 aliphatic rings. The predicted molar refractivity (Wildman–Crippen MR) is 128 cm³/mol. The van der Waals surface area contributed by atoms with Gasteiger partial charge in [-0.1, -0.05) is 18.2 Å². The highest BCUT2D eigenvalue weighted by Gasteiger charge is 2.15. The highest BCUT2D eigenvalue weighted by molar-refractivity contribution is 5.74. The number of hydrogen-bond donors (Lipinski definition) is 0. The first kappa shape index (κ1) is 21.0. The Balaban J connectivity index is 1.60. The maximum atomic E-state index is 13.5. The number of nitrogens with zero attached hydrogens (tertiary/aromatic N) is 5. The minimum Gasteiger partial charge on any atom is -0.619 e. The van der Waals surface area contributed by atoms with E-state index in [9.17, 15) is 15.2 Å². The first-order chi connectivity index (χ1) is 16.6. The summed E-state index contributed by atoms with van der Waals surface area (Å²) < 4.78 is 2.98. The molecule has 5 aromatic rings. The Bertz CT molecular complexity index is 1590. The van der Waals surface area contributed by atoms with Crippen LogP contribution in [0, 0.1) is 10.4 Å². The molecule has 0 unspecified atom stereocenters. The van der Waals surface area contributed by atoms with Gasteiger partial charge in [0.2, 0.25) is 0 Å². The van der Waals surface area contributed by atoms with Gasteiger partial charge in [0.15, 0.2) is 30.4 Å². The summed E-state index contributed by atoms with van der Waals surface area (Å²) in [4.78, 5) is 22.5. The van der Waals surface area contributed by atoms with Crippen molar-refractivity contribution in [1.82, 2.24) is 14.5 Å². The molecule has 0 radical (unpaired) electrons. The van der Waals surface area contributed by atoms with E-state index in [1.165, 1.54) is 29.4 Å². The summed E-state index contributed by atoms with van der Waals surface area (Å²) in [6, 6.07) is 18.0. The molecule has 8 nitrogen and oxygen atoms in total. The standard InChI is InChI=1S/C26H19N5O3/c32-26-24(16-21-7-4-14-30(34)18-21)28-23-9-2-12-27-25(23)31(26)22-8-1-5-19(15-22)10-11-20-6-3-13-29(33)17-20/h1-15,17-18H,16H2. The first-order valence-corrected chi connectivity index (χ1v) is 10.6. The van der Waals surface area contributed by atoms with Crippen molar-refractivity contribution in [1.29, 1.82) is 0 Å². The Morgan fingerprint density at radius 1 is 0.882 bits per heavy atom. The molecule has 0 saturated heterocycles. The Kier molecular flexibility index (Phi) is 5.53. The summed E-state index contributed by atoms with van der Waals surface area (Å²) in [6.45, 7) is 0. The van der Waals surface area contributed by atoms with Crippen LogP contribution in [-0.2, 0) is 6.42 Å². The molecule has 0 bridgehead atoms. The molecular weight excluding hydrogens is 430 g/mol. The van der Waals surface area contributed by atoms with Gasteiger partial charge in [-0.15, -0.1) is 0 Å². The molecule has 166 valence electrons. The third-order valence-electron chi connectivity index (χ3n) is 5.29. The van der Waals surface area contributed by atoms with Crippen molar-refractivity contribution < 1.29 is 9.46 Å². The lowest BCUT2D eigenvalue weighted by molar-refractivity contribution is -0.605. The molecule has 0 atom stereocenters. The highest BCUT2D eigenvalue weighted by atomic mass is 16.5. The van der Waals surface area contributed by atoms with E-state index in [2.05, 4.69) is 9.97 Å². The lowest BCUT2D eigenvalue weighted by atomic mass is 10.1. The van der Waals surface area contributed by atoms with Gasteiger partial charge in [0.25, 0.3) is 5.56 Å². The van der Waals surface area contributed by atoms with E-state index >= 15 is 0 Å². The van der Waals surface area contributed by atoms with Crippen molar-refractivity contribution in [2.45, 2.75) is 6.42 Å². The Morgan fingerprint density at radius 3 is 2.47 bits per heavy atom. The van der Waals surface area contributed by atoms with Gasteiger partial charge in [-0.25, -0.2) is 9.97 Å². The van der Waals surface area contributed by atoms with Gasteiger partial charge in [-0.2, -0.15) is 9.46 Å². The zero-order chi connectivity index (χ0) is 23.5. The van der Waals surface area contributed by atoms with Crippen molar-refractivity contribution >= 4 is 23.3 Å². The van der Waals surface area contributed by atoms with Crippen LogP contribution in [-0.4, -0.2) is 14.5 Å². The number of benzene rings is 1. The topological polar surface area (TPSA) is 102 Å². The number of fused-ring (bicyclic) bond motifs is 1. The van der Waals surface area contributed by atoms with Crippen LogP contribution < -0.4 is 15.0 Å². The molecule has 34 heavy (non-hydrogen) atoms. The summed E-state index contributed by atoms with van der Waals surface area (Å²) in [5.41, 5.74) is 3.97. The fraction of sp³-hybridized carbons (Fsp3) is 0.0385. The zero-order valence-electron chi connectivity index (χ0n) is 18.0. The van der Waals surface area contributed by atoms with Crippen molar-refractivity contribution in [3.8, 4) is 5.69 Å². The maximum Gasteiger partial charge on any atom is 0.278 e. The minimum atomic E-state index is -0.302. The molecule has 0 N–H and O–H groups in total. The summed E-state index contributed by atoms with van der Waals surface area (Å²) in [6.07, 6.45) is 11.3. The summed E-state index contributed by atoms with van der Waals surface area (Å²) in [7, 11) is 0. The Hall–Kier alpha value is -4.85. The molecule has 0 saturated carbocycles. The van der Waals surface area contributed by atoms with Crippen molar-refractivity contribution in [3.05, 3.63) is 135 Å². The third kappa shape index (κ3) is 4.37. The summed E-state index contributed by atoms with van der Waals surface area (Å²) in [5, 5.41) is 23.2. The van der Waals surface area contributed by atoms with Crippen LogP contribution in [0.4, 0.5) is 0 Å². The smallest absolute Gasteiger partial charge is 0.278 e. The zero-order valence-corrected chi connectivity index (χ0v) is 18.0. The van der Waals surface area contributed by atoms with Gasteiger partial charge in [-0.3, -0.25) is 9.36 Å². The summed E-state index contributed by atoms with van der Waals surface area (Å²) in [5.74, 6) is 0. The van der Waals surface area contributed by atoms with Crippen molar-refractivity contribution in [2.24, 2.45) is 0 Å². The molecule has 0 fully saturated rings. The first-order valence-electron chi connectivity index (χ1n) is 10.6. The fourth-order valence-corrected chi connectivity index (χ4v) is 3.75. The monoisotopic (exact) mass is 449 g/mol. The lowest BCUT2D eigenvalue weighted by Gasteiger charge is -2.12. The second-order valence-electron chi connectivity index (χ2n) is 7.72. The average molecular weight is 449 g/mol. The van der Waals surface area contributed by atoms with Gasteiger partial charge in [0.05, 0.1) is 5.69 Å². The average Bonchev–Trinajstić information content (AvgIpc) is 2.84. The second-order valence-corrected chi connectivity index (χ2v) is 7.72.